The van der Waals surface area contributed by atoms with Gasteiger partial charge in [0.1, 0.15) is 0 Å². The molecule has 0 saturated heterocycles. The normalized spacial score (nSPS) is 43.1. The fraction of sp³-hybridized carbons (Fsp3) is 1.00. The maximum atomic E-state index is 10.3. The summed E-state index contributed by atoms with van der Waals surface area (Å²) in [5, 5.41) is 10.3. The Kier molecular flexibility index (Phi) is 7.70. The number of hydrogen-bond donors (Lipinski definition) is 1. The van der Waals surface area contributed by atoms with Gasteiger partial charge in [-0.15, -0.1) is 0 Å². The van der Waals surface area contributed by atoms with Gasteiger partial charge in [0.25, 0.3) is 0 Å². The third-order valence-corrected chi connectivity index (χ3v) is 8.60. The van der Waals surface area contributed by atoms with Crippen molar-refractivity contribution in [3.63, 3.8) is 0 Å². The molecule has 0 heterocycles. The minimum absolute atomic E-state index is 0.00210. The molecule has 3 saturated carbocycles. The first kappa shape index (κ1) is 19.7. The van der Waals surface area contributed by atoms with E-state index in [-0.39, 0.29) is 6.10 Å². The quantitative estimate of drug-likeness (QED) is 0.549. The summed E-state index contributed by atoms with van der Waals surface area (Å²) in [7, 11) is 0. The van der Waals surface area contributed by atoms with E-state index in [4.69, 9.17) is 0 Å². The molecule has 3 aliphatic rings. The number of rotatable bonds is 6. The molecular weight excluding hydrogens is 304 g/mol. The largest absolute Gasteiger partial charge is 0.393 e. The molecule has 3 fully saturated rings. The van der Waals surface area contributed by atoms with E-state index in [1.165, 1.54) is 83.5 Å². The summed E-state index contributed by atoms with van der Waals surface area (Å²) in [4.78, 5) is 0. The van der Waals surface area contributed by atoms with Crippen LogP contribution in [-0.4, -0.2) is 11.2 Å². The summed E-state index contributed by atoms with van der Waals surface area (Å²) in [6.45, 7) is 4.62. The Morgan fingerprint density at radius 2 is 1.12 bits per heavy atom. The second kappa shape index (κ2) is 9.77. The number of hydrogen-bond acceptors (Lipinski definition) is 1. The van der Waals surface area contributed by atoms with Crippen molar-refractivity contribution in [2.75, 3.05) is 0 Å². The van der Waals surface area contributed by atoms with Gasteiger partial charge >= 0.3 is 0 Å². The Labute approximate surface area is 157 Å². The summed E-state index contributed by atoms with van der Waals surface area (Å²) in [6, 6.07) is 0. The predicted octanol–water partition coefficient (Wildman–Crippen LogP) is 6.98. The molecule has 1 N–H and O–H groups in total. The second-order valence-corrected chi connectivity index (χ2v) is 9.96. The van der Waals surface area contributed by atoms with E-state index in [1.807, 2.05) is 0 Å². The van der Waals surface area contributed by atoms with Crippen LogP contribution in [0.4, 0.5) is 0 Å². The predicted molar refractivity (Wildman–Crippen MR) is 108 cm³/mol. The number of aliphatic hydroxyl groups excluding tert-OH is 1. The highest BCUT2D eigenvalue weighted by atomic mass is 16.3. The molecule has 0 amide bonds. The minimum atomic E-state index is -0.00210. The Morgan fingerprint density at radius 1 is 0.600 bits per heavy atom. The third kappa shape index (κ3) is 5.47. The average Bonchev–Trinajstić information content (AvgIpc) is 2.67. The van der Waals surface area contributed by atoms with Crippen LogP contribution in [0, 0.1) is 35.5 Å². The van der Waals surface area contributed by atoms with Gasteiger partial charge in [-0.1, -0.05) is 65.2 Å². The van der Waals surface area contributed by atoms with Crippen molar-refractivity contribution in [3.05, 3.63) is 0 Å². The van der Waals surface area contributed by atoms with Crippen molar-refractivity contribution in [3.8, 4) is 0 Å². The lowest BCUT2D eigenvalue weighted by Crippen LogP contribution is -2.29. The molecule has 0 spiro atoms. The van der Waals surface area contributed by atoms with Crippen molar-refractivity contribution in [1.82, 2.24) is 0 Å². The molecule has 0 bridgehead atoms. The van der Waals surface area contributed by atoms with Crippen LogP contribution < -0.4 is 0 Å². The van der Waals surface area contributed by atoms with Gasteiger partial charge in [-0.25, -0.2) is 0 Å². The average molecular weight is 349 g/mol. The second-order valence-electron chi connectivity index (χ2n) is 9.96. The Bertz CT molecular complexity index is 362. The standard InChI is InChI=1S/C24H44O/c1-3-18-7-13-22(14-8-18)23-15-9-19(10-16-23)5-6-20-11-12-21(4-2)24(25)17-20/h18-25H,3-17H2,1-2H3. The minimum Gasteiger partial charge on any atom is -0.393 e. The Balaban J connectivity index is 1.32. The van der Waals surface area contributed by atoms with Crippen molar-refractivity contribution in [1.29, 1.82) is 0 Å². The lowest BCUT2D eigenvalue weighted by Gasteiger charge is -2.38. The van der Waals surface area contributed by atoms with Gasteiger partial charge in [0, 0.05) is 0 Å². The molecule has 1 heteroatoms. The fourth-order valence-electron chi connectivity index (χ4n) is 6.52. The van der Waals surface area contributed by atoms with Crippen molar-refractivity contribution in [2.24, 2.45) is 35.5 Å². The molecule has 3 unspecified atom stereocenters. The summed E-state index contributed by atoms with van der Waals surface area (Å²) in [5.41, 5.74) is 0. The summed E-state index contributed by atoms with van der Waals surface area (Å²) in [6.07, 6.45) is 21.3. The highest BCUT2D eigenvalue weighted by Gasteiger charge is 2.32. The van der Waals surface area contributed by atoms with E-state index in [2.05, 4.69) is 13.8 Å². The fourth-order valence-corrected chi connectivity index (χ4v) is 6.52. The van der Waals surface area contributed by atoms with E-state index in [9.17, 15) is 5.11 Å². The summed E-state index contributed by atoms with van der Waals surface area (Å²) < 4.78 is 0. The van der Waals surface area contributed by atoms with Crippen LogP contribution in [0.1, 0.15) is 110 Å². The molecule has 3 atom stereocenters. The molecule has 25 heavy (non-hydrogen) atoms. The summed E-state index contributed by atoms with van der Waals surface area (Å²) in [5.74, 6) is 5.60. The van der Waals surface area contributed by atoms with E-state index in [0.717, 1.165) is 42.4 Å². The van der Waals surface area contributed by atoms with E-state index in [0.29, 0.717) is 5.92 Å². The Hall–Kier alpha value is -0.0400. The van der Waals surface area contributed by atoms with Crippen molar-refractivity contribution >= 4 is 0 Å². The monoisotopic (exact) mass is 348 g/mol. The molecular formula is C24H44O. The molecule has 0 radical (unpaired) electrons. The van der Waals surface area contributed by atoms with Gasteiger partial charge in [0.2, 0.25) is 0 Å². The molecule has 3 rings (SSSR count). The Morgan fingerprint density at radius 3 is 1.64 bits per heavy atom. The molecule has 0 aromatic rings. The lowest BCUT2D eigenvalue weighted by atomic mass is 9.68. The lowest BCUT2D eigenvalue weighted by molar-refractivity contribution is 0.0383. The van der Waals surface area contributed by atoms with Crippen LogP contribution in [0.25, 0.3) is 0 Å². The highest BCUT2D eigenvalue weighted by Crippen LogP contribution is 2.43. The van der Waals surface area contributed by atoms with Crippen LogP contribution in [0.5, 0.6) is 0 Å². The third-order valence-electron chi connectivity index (χ3n) is 8.60. The van der Waals surface area contributed by atoms with Crippen LogP contribution in [0.15, 0.2) is 0 Å². The van der Waals surface area contributed by atoms with Gasteiger partial charge in [-0.2, -0.15) is 0 Å². The van der Waals surface area contributed by atoms with Crippen LogP contribution >= 0.6 is 0 Å². The molecule has 0 aromatic heterocycles. The molecule has 0 aromatic carbocycles. The first-order valence-corrected chi connectivity index (χ1v) is 11.9. The molecule has 0 aliphatic heterocycles. The van der Waals surface area contributed by atoms with Crippen LogP contribution in [0.2, 0.25) is 0 Å². The van der Waals surface area contributed by atoms with Crippen LogP contribution in [-0.2, 0) is 0 Å². The maximum Gasteiger partial charge on any atom is 0.0570 e. The maximum absolute atomic E-state index is 10.3. The van der Waals surface area contributed by atoms with E-state index < -0.39 is 0 Å². The van der Waals surface area contributed by atoms with E-state index in [1.54, 1.807) is 0 Å². The van der Waals surface area contributed by atoms with Gasteiger partial charge in [-0.05, 0) is 80.5 Å². The van der Waals surface area contributed by atoms with Gasteiger partial charge in [0.05, 0.1) is 6.10 Å². The van der Waals surface area contributed by atoms with Gasteiger partial charge in [-0.3, -0.25) is 0 Å². The zero-order chi connectivity index (χ0) is 17.6. The van der Waals surface area contributed by atoms with Gasteiger partial charge < -0.3 is 5.11 Å². The summed E-state index contributed by atoms with van der Waals surface area (Å²) >= 11 is 0. The zero-order valence-electron chi connectivity index (χ0n) is 17.1. The zero-order valence-corrected chi connectivity index (χ0v) is 17.1. The first-order valence-electron chi connectivity index (χ1n) is 11.9. The number of aliphatic hydroxyl groups is 1. The first-order chi connectivity index (χ1) is 12.2. The molecule has 146 valence electrons. The molecule has 3 aliphatic carbocycles. The van der Waals surface area contributed by atoms with Crippen molar-refractivity contribution < 1.29 is 5.11 Å². The SMILES string of the molecule is CCC1CCC(C2CCC(CCC3CCC(CC)C(O)C3)CC2)CC1. The van der Waals surface area contributed by atoms with E-state index >= 15 is 0 Å². The highest BCUT2D eigenvalue weighted by molar-refractivity contribution is 4.83. The molecule has 1 nitrogen and oxygen atoms in total. The smallest absolute Gasteiger partial charge is 0.0570 e. The van der Waals surface area contributed by atoms with Crippen molar-refractivity contribution in [2.45, 2.75) is 116 Å². The van der Waals surface area contributed by atoms with Crippen LogP contribution in [0.3, 0.4) is 0 Å². The van der Waals surface area contributed by atoms with Gasteiger partial charge in [0.15, 0.2) is 0 Å². The topological polar surface area (TPSA) is 20.2 Å².